The summed E-state index contributed by atoms with van der Waals surface area (Å²) in [5, 5.41) is 3.19. The van der Waals surface area contributed by atoms with E-state index in [1.54, 1.807) is 0 Å². The molecule has 0 amide bonds. The second-order valence-corrected chi connectivity index (χ2v) is 6.45. The van der Waals surface area contributed by atoms with E-state index in [0.29, 0.717) is 25.5 Å². The van der Waals surface area contributed by atoms with Crippen LogP contribution in [-0.2, 0) is 10.0 Å². The lowest BCUT2D eigenvalue weighted by molar-refractivity contribution is 0.361. The van der Waals surface area contributed by atoms with Gasteiger partial charge in [0.05, 0.1) is 0 Å². The van der Waals surface area contributed by atoms with Crippen LogP contribution in [0.25, 0.3) is 0 Å². The van der Waals surface area contributed by atoms with Gasteiger partial charge in [0.15, 0.2) is 0 Å². The van der Waals surface area contributed by atoms with Crippen molar-refractivity contribution in [2.45, 2.75) is 36.7 Å². The zero-order valence-corrected chi connectivity index (χ0v) is 11.3. The van der Waals surface area contributed by atoms with Gasteiger partial charge in [-0.25, -0.2) is 21.9 Å². The third-order valence-corrected chi connectivity index (χ3v) is 4.66. The van der Waals surface area contributed by atoms with Crippen LogP contribution in [0.2, 0.25) is 0 Å². The second-order valence-electron chi connectivity index (χ2n) is 4.77. The molecule has 1 saturated heterocycles. The summed E-state index contributed by atoms with van der Waals surface area (Å²) in [5.41, 5.74) is 0. The van der Waals surface area contributed by atoms with Crippen LogP contribution in [0.3, 0.4) is 0 Å². The number of hydrogen-bond acceptors (Lipinski definition) is 3. The van der Waals surface area contributed by atoms with Crippen molar-refractivity contribution in [3.63, 3.8) is 0 Å². The quantitative estimate of drug-likeness (QED) is 0.884. The van der Waals surface area contributed by atoms with Gasteiger partial charge in [0.1, 0.15) is 16.5 Å². The molecule has 0 radical (unpaired) electrons. The van der Waals surface area contributed by atoms with E-state index in [1.165, 1.54) is 0 Å². The summed E-state index contributed by atoms with van der Waals surface area (Å²) >= 11 is 0. The number of nitrogens with one attached hydrogen (secondary N) is 2. The average molecular weight is 290 g/mol. The number of halogens is 2. The summed E-state index contributed by atoms with van der Waals surface area (Å²) in [6, 6.07) is 2.33. The van der Waals surface area contributed by atoms with E-state index in [-0.39, 0.29) is 12.1 Å². The molecule has 7 heteroatoms. The van der Waals surface area contributed by atoms with Gasteiger partial charge in [-0.3, -0.25) is 0 Å². The molecule has 0 aliphatic carbocycles. The van der Waals surface area contributed by atoms with Crippen molar-refractivity contribution >= 4 is 10.0 Å². The molecule has 2 unspecified atom stereocenters. The zero-order chi connectivity index (χ0) is 14.0. The maximum absolute atomic E-state index is 13.5. The average Bonchev–Trinajstić information content (AvgIpc) is 2.31. The van der Waals surface area contributed by atoms with Crippen LogP contribution in [0.1, 0.15) is 19.8 Å². The minimum atomic E-state index is -4.03. The Bertz CT molecular complexity index is 563. The molecule has 106 valence electrons. The maximum atomic E-state index is 13.5. The van der Waals surface area contributed by atoms with Crippen molar-refractivity contribution in [1.82, 2.24) is 10.0 Å². The molecule has 2 atom stereocenters. The molecule has 1 aromatic carbocycles. The maximum Gasteiger partial charge on any atom is 0.243 e. The van der Waals surface area contributed by atoms with Crippen molar-refractivity contribution in [2.24, 2.45) is 0 Å². The molecule has 2 N–H and O–H groups in total. The highest BCUT2D eigenvalue weighted by Crippen LogP contribution is 2.18. The predicted molar refractivity (Wildman–Crippen MR) is 67.2 cm³/mol. The fourth-order valence-corrected chi connectivity index (χ4v) is 3.58. The first-order valence-electron chi connectivity index (χ1n) is 6.09. The van der Waals surface area contributed by atoms with Gasteiger partial charge in [-0.05, 0) is 44.5 Å². The van der Waals surface area contributed by atoms with Crippen molar-refractivity contribution in [2.75, 3.05) is 6.54 Å². The van der Waals surface area contributed by atoms with E-state index in [1.807, 2.05) is 6.92 Å². The molecule has 1 aliphatic rings. The summed E-state index contributed by atoms with van der Waals surface area (Å²) in [5.74, 6) is -1.73. The standard InChI is InChI=1S/C12H16F2N2O2S/c1-8-6-10(4-5-15-8)16-19(17,18)12-7-9(13)2-3-11(12)14/h2-3,7-8,10,15-16H,4-6H2,1H3. The van der Waals surface area contributed by atoms with E-state index in [2.05, 4.69) is 10.0 Å². The number of hydrogen-bond donors (Lipinski definition) is 2. The SMILES string of the molecule is CC1CC(NS(=O)(=O)c2cc(F)ccc2F)CCN1. The first-order valence-corrected chi connectivity index (χ1v) is 7.57. The van der Waals surface area contributed by atoms with Gasteiger partial charge in [-0.15, -0.1) is 0 Å². The van der Waals surface area contributed by atoms with Gasteiger partial charge >= 0.3 is 0 Å². The van der Waals surface area contributed by atoms with Gasteiger partial charge in [-0.2, -0.15) is 0 Å². The summed E-state index contributed by atoms with van der Waals surface area (Å²) < 4.78 is 53.1. The monoisotopic (exact) mass is 290 g/mol. The van der Waals surface area contributed by atoms with Gasteiger partial charge in [0.25, 0.3) is 0 Å². The molecule has 1 heterocycles. The molecule has 0 aromatic heterocycles. The Morgan fingerprint density at radius 2 is 2.11 bits per heavy atom. The highest BCUT2D eigenvalue weighted by molar-refractivity contribution is 7.89. The summed E-state index contributed by atoms with van der Waals surface area (Å²) in [6.07, 6.45) is 1.25. The summed E-state index contributed by atoms with van der Waals surface area (Å²) in [4.78, 5) is -0.640. The smallest absolute Gasteiger partial charge is 0.243 e. The lowest BCUT2D eigenvalue weighted by Gasteiger charge is -2.28. The largest absolute Gasteiger partial charge is 0.314 e. The molecular weight excluding hydrogens is 274 g/mol. The van der Waals surface area contributed by atoms with E-state index in [4.69, 9.17) is 0 Å². The van der Waals surface area contributed by atoms with Crippen LogP contribution in [0.15, 0.2) is 23.1 Å². The third-order valence-electron chi connectivity index (χ3n) is 3.13. The predicted octanol–water partition coefficient (Wildman–Crippen LogP) is 1.38. The molecule has 19 heavy (non-hydrogen) atoms. The Kier molecular flexibility index (Phi) is 4.17. The molecule has 1 fully saturated rings. The first kappa shape index (κ1) is 14.4. The topological polar surface area (TPSA) is 58.2 Å². The fraction of sp³-hybridized carbons (Fsp3) is 0.500. The first-order chi connectivity index (χ1) is 8.88. The van der Waals surface area contributed by atoms with Gasteiger partial charge in [0, 0.05) is 12.1 Å². The van der Waals surface area contributed by atoms with Crippen LogP contribution in [0, 0.1) is 11.6 Å². The molecule has 0 spiro atoms. The number of piperidine rings is 1. The van der Waals surface area contributed by atoms with Gasteiger partial charge < -0.3 is 5.32 Å². The summed E-state index contributed by atoms with van der Waals surface area (Å²) in [6.45, 7) is 2.64. The molecule has 0 bridgehead atoms. The lowest BCUT2D eigenvalue weighted by Crippen LogP contribution is -2.46. The van der Waals surface area contributed by atoms with Gasteiger partial charge in [0.2, 0.25) is 10.0 Å². The second kappa shape index (κ2) is 5.52. The van der Waals surface area contributed by atoms with Crippen LogP contribution in [0.4, 0.5) is 8.78 Å². The van der Waals surface area contributed by atoms with Crippen LogP contribution >= 0.6 is 0 Å². The molecule has 4 nitrogen and oxygen atoms in total. The minimum Gasteiger partial charge on any atom is -0.314 e. The molecule has 1 aliphatic heterocycles. The van der Waals surface area contributed by atoms with Crippen LogP contribution in [-0.4, -0.2) is 27.0 Å². The Balaban J connectivity index is 2.20. The highest BCUT2D eigenvalue weighted by Gasteiger charge is 2.26. The molecular formula is C12H16F2N2O2S. The number of sulfonamides is 1. The van der Waals surface area contributed by atoms with Crippen molar-refractivity contribution < 1.29 is 17.2 Å². The zero-order valence-electron chi connectivity index (χ0n) is 10.5. The Labute approximate surface area is 111 Å². The van der Waals surface area contributed by atoms with E-state index in [9.17, 15) is 17.2 Å². The van der Waals surface area contributed by atoms with Crippen molar-refractivity contribution in [3.8, 4) is 0 Å². The van der Waals surface area contributed by atoms with Crippen molar-refractivity contribution in [1.29, 1.82) is 0 Å². The fourth-order valence-electron chi connectivity index (χ4n) is 2.20. The molecule has 1 aromatic rings. The Morgan fingerprint density at radius 3 is 2.79 bits per heavy atom. The normalized spacial score (nSPS) is 24.4. The molecule has 2 rings (SSSR count). The van der Waals surface area contributed by atoms with E-state index < -0.39 is 26.6 Å². The Hall–Kier alpha value is -1.05. The summed E-state index contributed by atoms with van der Waals surface area (Å²) in [7, 11) is -4.03. The van der Waals surface area contributed by atoms with E-state index in [0.717, 1.165) is 12.1 Å². The highest BCUT2D eigenvalue weighted by atomic mass is 32.2. The molecule has 0 saturated carbocycles. The number of rotatable bonds is 3. The Morgan fingerprint density at radius 1 is 1.37 bits per heavy atom. The minimum absolute atomic E-state index is 0.193. The third kappa shape index (κ3) is 3.49. The van der Waals surface area contributed by atoms with Crippen LogP contribution < -0.4 is 10.0 Å². The van der Waals surface area contributed by atoms with E-state index >= 15 is 0 Å². The van der Waals surface area contributed by atoms with Crippen LogP contribution in [0.5, 0.6) is 0 Å². The van der Waals surface area contributed by atoms with Crippen molar-refractivity contribution in [3.05, 3.63) is 29.8 Å². The van der Waals surface area contributed by atoms with Gasteiger partial charge in [-0.1, -0.05) is 0 Å². The lowest BCUT2D eigenvalue weighted by atomic mass is 10.0. The number of benzene rings is 1.